The van der Waals surface area contributed by atoms with Crippen LogP contribution in [0, 0.1) is 5.92 Å². The molecular weight excluding hydrogens is 380 g/mol. The Bertz CT molecular complexity index is 791. The van der Waals surface area contributed by atoms with Crippen LogP contribution >= 0.6 is 0 Å². The van der Waals surface area contributed by atoms with Gasteiger partial charge in [0.1, 0.15) is 11.8 Å². The topological polar surface area (TPSA) is 67.9 Å². The van der Waals surface area contributed by atoms with Crippen molar-refractivity contribution in [2.45, 2.75) is 32.9 Å². The van der Waals surface area contributed by atoms with Crippen molar-refractivity contribution >= 4 is 11.8 Å². The molecule has 0 fully saturated rings. The second kappa shape index (κ2) is 12.0. The Morgan fingerprint density at radius 1 is 0.967 bits per heavy atom. The van der Waals surface area contributed by atoms with Gasteiger partial charge in [-0.15, -0.1) is 0 Å². The van der Waals surface area contributed by atoms with Crippen LogP contribution in [0.25, 0.3) is 0 Å². The molecule has 2 rings (SSSR count). The van der Waals surface area contributed by atoms with Crippen molar-refractivity contribution in [2.75, 3.05) is 27.4 Å². The van der Waals surface area contributed by atoms with E-state index in [1.807, 2.05) is 68.4 Å². The van der Waals surface area contributed by atoms with Gasteiger partial charge in [-0.25, -0.2) is 0 Å². The van der Waals surface area contributed by atoms with Gasteiger partial charge >= 0.3 is 0 Å². The number of carbonyl (C=O) groups excluding carboxylic acids is 2. The van der Waals surface area contributed by atoms with Crippen molar-refractivity contribution in [3.63, 3.8) is 0 Å². The van der Waals surface area contributed by atoms with Crippen LogP contribution in [0.2, 0.25) is 0 Å². The largest absolute Gasteiger partial charge is 0.497 e. The van der Waals surface area contributed by atoms with E-state index in [-0.39, 0.29) is 17.7 Å². The van der Waals surface area contributed by atoms with E-state index >= 15 is 0 Å². The van der Waals surface area contributed by atoms with Crippen molar-refractivity contribution in [2.24, 2.45) is 5.92 Å². The van der Waals surface area contributed by atoms with Gasteiger partial charge in [0.25, 0.3) is 0 Å². The van der Waals surface area contributed by atoms with E-state index in [2.05, 4.69) is 5.32 Å². The van der Waals surface area contributed by atoms with E-state index in [4.69, 9.17) is 9.47 Å². The predicted molar refractivity (Wildman–Crippen MR) is 117 cm³/mol. The third-order valence-electron chi connectivity index (χ3n) is 4.85. The molecule has 1 N–H and O–H groups in total. The molecule has 6 heteroatoms. The number of rotatable bonds is 11. The van der Waals surface area contributed by atoms with E-state index in [0.29, 0.717) is 26.1 Å². The highest BCUT2D eigenvalue weighted by molar-refractivity contribution is 5.88. The molecule has 2 amide bonds. The van der Waals surface area contributed by atoms with Crippen molar-refractivity contribution in [1.82, 2.24) is 10.2 Å². The first-order chi connectivity index (χ1) is 14.5. The number of hydrogen-bond donors (Lipinski definition) is 1. The zero-order valence-electron chi connectivity index (χ0n) is 18.3. The highest BCUT2D eigenvalue weighted by Gasteiger charge is 2.31. The third-order valence-corrected chi connectivity index (χ3v) is 4.85. The molecule has 6 nitrogen and oxygen atoms in total. The molecule has 0 radical (unpaired) electrons. The highest BCUT2D eigenvalue weighted by atomic mass is 16.5. The molecule has 0 heterocycles. The maximum absolute atomic E-state index is 13.1. The number of benzene rings is 2. The van der Waals surface area contributed by atoms with Crippen LogP contribution in [-0.4, -0.2) is 50.1 Å². The van der Waals surface area contributed by atoms with E-state index in [9.17, 15) is 9.59 Å². The fourth-order valence-corrected chi connectivity index (χ4v) is 3.18. The maximum Gasteiger partial charge on any atom is 0.243 e. The first kappa shape index (κ1) is 23.4. The molecule has 162 valence electrons. The Morgan fingerprint density at radius 3 is 2.20 bits per heavy atom. The fourth-order valence-electron chi connectivity index (χ4n) is 3.18. The molecule has 0 spiro atoms. The van der Waals surface area contributed by atoms with E-state index in [1.165, 1.54) is 0 Å². The Labute approximate surface area is 179 Å². The van der Waals surface area contributed by atoms with Crippen molar-refractivity contribution in [3.05, 3.63) is 65.7 Å². The van der Waals surface area contributed by atoms with Gasteiger partial charge in [0.15, 0.2) is 0 Å². The van der Waals surface area contributed by atoms with Gasteiger partial charge in [-0.3, -0.25) is 9.59 Å². The van der Waals surface area contributed by atoms with Crippen molar-refractivity contribution in [3.8, 4) is 5.75 Å². The Kier molecular flexibility index (Phi) is 9.35. The van der Waals surface area contributed by atoms with Gasteiger partial charge in [0, 0.05) is 32.5 Å². The summed E-state index contributed by atoms with van der Waals surface area (Å²) >= 11 is 0. The number of hydrogen-bond acceptors (Lipinski definition) is 4. The van der Waals surface area contributed by atoms with E-state index in [1.54, 1.807) is 19.1 Å². The summed E-state index contributed by atoms with van der Waals surface area (Å²) in [6, 6.07) is 16.7. The summed E-state index contributed by atoms with van der Waals surface area (Å²) in [5.41, 5.74) is 1.94. The van der Waals surface area contributed by atoms with Gasteiger partial charge in [-0.05, 0) is 23.3 Å². The van der Waals surface area contributed by atoms with Gasteiger partial charge in [0.05, 0.1) is 13.7 Å². The van der Waals surface area contributed by atoms with Crippen molar-refractivity contribution < 1.29 is 19.1 Å². The fraction of sp³-hybridized carbons (Fsp3) is 0.417. The molecule has 0 bridgehead atoms. The Morgan fingerprint density at radius 2 is 1.63 bits per heavy atom. The lowest BCUT2D eigenvalue weighted by Gasteiger charge is -2.32. The molecular formula is C24H32N2O4. The van der Waals surface area contributed by atoms with Gasteiger partial charge in [-0.1, -0.05) is 56.3 Å². The van der Waals surface area contributed by atoms with Gasteiger partial charge < -0.3 is 19.7 Å². The standard InChI is InChI=1S/C24H32N2O4/c1-18(2)24(28)26(17-20-10-12-21(30-4)13-11-20)22(23(27)25-14-15-29-3)16-19-8-6-5-7-9-19/h5-13,18,22H,14-17H2,1-4H3,(H,25,27). The average Bonchev–Trinajstić information content (AvgIpc) is 2.76. The molecule has 0 saturated heterocycles. The zero-order valence-corrected chi connectivity index (χ0v) is 18.3. The van der Waals surface area contributed by atoms with Crippen molar-refractivity contribution in [1.29, 1.82) is 0 Å². The molecule has 2 aromatic carbocycles. The molecule has 0 saturated carbocycles. The highest BCUT2D eigenvalue weighted by Crippen LogP contribution is 2.19. The summed E-state index contributed by atoms with van der Waals surface area (Å²) in [7, 11) is 3.20. The summed E-state index contributed by atoms with van der Waals surface area (Å²) < 4.78 is 10.3. The molecule has 1 atom stereocenters. The third kappa shape index (κ3) is 6.88. The number of methoxy groups -OCH3 is 2. The van der Waals surface area contributed by atoms with Crippen LogP contribution in [0.15, 0.2) is 54.6 Å². The number of nitrogens with zero attached hydrogens (tertiary/aromatic N) is 1. The lowest BCUT2D eigenvalue weighted by atomic mass is 10.0. The molecule has 0 aromatic heterocycles. The maximum atomic E-state index is 13.1. The summed E-state index contributed by atoms with van der Waals surface area (Å²) in [6.45, 7) is 4.86. The van der Waals surface area contributed by atoms with Crippen LogP contribution in [0.3, 0.4) is 0 Å². The quantitative estimate of drug-likeness (QED) is 0.576. The SMILES string of the molecule is COCCNC(=O)C(Cc1ccccc1)N(Cc1ccc(OC)cc1)C(=O)C(C)C. The van der Waals surface area contributed by atoms with Crippen LogP contribution in [-0.2, 0) is 27.3 Å². The van der Waals surface area contributed by atoms with E-state index in [0.717, 1.165) is 16.9 Å². The molecule has 0 aliphatic rings. The minimum absolute atomic E-state index is 0.0614. The molecule has 0 aliphatic carbocycles. The normalized spacial score (nSPS) is 11.8. The van der Waals surface area contributed by atoms with Crippen LogP contribution < -0.4 is 10.1 Å². The zero-order chi connectivity index (χ0) is 21.9. The first-order valence-electron chi connectivity index (χ1n) is 10.2. The van der Waals surface area contributed by atoms with Crippen LogP contribution in [0.1, 0.15) is 25.0 Å². The smallest absolute Gasteiger partial charge is 0.243 e. The van der Waals surface area contributed by atoms with E-state index < -0.39 is 6.04 Å². The van der Waals surface area contributed by atoms with Gasteiger partial charge in [0.2, 0.25) is 11.8 Å². The molecule has 0 aliphatic heterocycles. The number of carbonyl (C=O) groups is 2. The lowest BCUT2D eigenvalue weighted by molar-refractivity contribution is -0.143. The minimum atomic E-state index is -0.624. The predicted octanol–water partition coefficient (Wildman–Crippen LogP) is 3.05. The second-order valence-electron chi connectivity index (χ2n) is 7.46. The number of ether oxygens (including phenoxy) is 2. The average molecular weight is 413 g/mol. The van der Waals surface area contributed by atoms with Crippen LogP contribution in [0.4, 0.5) is 0 Å². The molecule has 1 unspecified atom stereocenters. The summed E-state index contributed by atoms with van der Waals surface area (Å²) in [5.74, 6) is 0.277. The number of amides is 2. The lowest BCUT2D eigenvalue weighted by Crippen LogP contribution is -2.52. The Hall–Kier alpha value is -2.86. The molecule has 30 heavy (non-hydrogen) atoms. The summed E-state index contributed by atoms with van der Waals surface area (Å²) in [5, 5.41) is 2.90. The van der Waals surface area contributed by atoms with Crippen LogP contribution in [0.5, 0.6) is 5.75 Å². The first-order valence-corrected chi connectivity index (χ1v) is 10.2. The second-order valence-corrected chi connectivity index (χ2v) is 7.46. The number of nitrogens with one attached hydrogen (secondary N) is 1. The summed E-state index contributed by atoms with van der Waals surface area (Å²) in [6.07, 6.45) is 0.439. The minimum Gasteiger partial charge on any atom is -0.497 e. The molecule has 2 aromatic rings. The van der Waals surface area contributed by atoms with Gasteiger partial charge in [-0.2, -0.15) is 0 Å². The Balaban J connectivity index is 2.33. The monoisotopic (exact) mass is 412 g/mol. The summed E-state index contributed by atoms with van der Waals surface area (Å²) in [4.78, 5) is 27.9.